The van der Waals surface area contributed by atoms with Gasteiger partial charge in [0.2, 0.25) is 5.89 Å². The molecule has 3 aromatic rings. The molecule has 0 amide bonds. The van der Waals surface area contributed by atoms with Gasteiger partial charge in [0.25, 0.3) is 0 Å². The number of hydrogen-bond donors (Lipinski definition) is 1. The third-order valence-electron chi connectivity index (χ3n) is 2.97. The molecule has 0 aliphatic carbocycles. The Morgan fingerprint density at radius 3 is 2.90 bits per heavy atom. The van der Waals surface area contributed by atoms with Gasteiger partial charge in [-0.15, -0.1) is 11.3 Å². The zero-order valence-electron chi connectivity index (χ0n) is 11.4. The molecule has 0 fully saturated rings. The summed E-state index contributed by atoms with van der Waals surface area (Å²) in [6, 6.07) is 7.70. The Labute approximate surface area is 130 Å². The second kappa shape index (κ2) is 6.43. The third kappa shape index (κ3) is 3.53. The summed E-state index contributed by atoms with van der Waals surface area (Å²) in [6.07, 6.45) is 2.36. The molecular weight excluding hydrogens is 310 g/mol. The topological polar surface area (TPSA) is 64.1 Å². The van der Waals surface area contributed by atoms with Crippen molar-refractivity contribution in [2.45, 2.75) is 19.4 Å². The van der Waals surface area contributed by atoms with E-state index in [1.807, 2.05) is 24.3 Å². The van der Waals surface area contributed by atoms with E-state index in [0.717, 1.165) is 15.0 Å². The maximum atomic E-state index is 6.03. The van der Waals surface area contributed by atoms with Gasteiger partial charge in [-0.1, -0.05) is 16.8 Å². The summed E-state index contributed by atoms with van der Waals surface area (Å²) in [4.78, 5) is 5.30. The van der Waals surface area contributed by atoms with E-state index in [0.29, 0.717) is 24.7 Å². The van der Waals surface area contributed by atoms with Crippen molar-refractivity contribution < 1.29 is 8.94 Å². The van der Waals surface area contributed by atoms with Gasteiger partial charge in [0.1, 0.15) is 11.8 Å². The average Bonchev–Trinajstić information content (AvgIpc) is 3.17. The SMILES string of the molecule is Cc1nc(CCNC(c2ccco2)c2ccc(Cl)s2)no1. The number of thiophene rings is 1. The number of rotatable bonds is 6. The molecule has 0 radical (unpaired) electrons. The van der Waals surface area contributed by atoms with E-state index < -0.39 is 0 Å². The average molecular weight is 324 g/mol. The van der Waals surface area contributed by atoms with Gasteiger partial charge in [0.15, 0.2) is 5.82 Å². The first-order valence-electron chi connectivity index (χ1n) is 6.53. The van der Waals surface area contributed by atoms with Crippen molar-refractivity contribution in [3.63, 3.8) is 0 Å². The van der Waals surface area contributed by atoms with Crippen molar-refractivity contribution in [3.05, 3.63) is 57.2 Å². The van der Waals surface area contributed by atoms with Crippen molar-refractivity contribution in [2.75, 3.05) is 6.54 Å². The molecule has 3 rings (SSSR count). The molecule has 3 aromatic heterocycles. The lowest BCUT2D eigenvalue weighted by Crippen LogP contribution is -2.24. The lowest BCUT2D eigenvalue weighted by atomic mass is 10.2. The highest BCUT2D eigenvalue weighted by Crippen LogP contribution is 2.31. The second-order valence-electron chi connectivity index (χ2n) is 4.52. The zero-order chi connectivity index (χ0) is 14.7. The lowest BCUT2D eigenvalue weighted by molar-refractivity contribution is 0.386. The van der Waals surface area contributed by atoms with Crippen LogP contribution in [0.1, 0.15) is 28.4 Å². The van der Waals surface area contributed by atoms with Gasteiger partial charge < -0.3 is 14.3 Å². The van der Waals surface area contributed by atoms with Crippen LogP contribution in [0.15, 0.2) is 39.5 Å². The molecule has 5 nitrogen and oxygen atoms in total. The van der Waals surface area contributed by atoms with E-state index >= 15 is 0 Å². The highest BCUT2D eigenvalue weighted by atomic mass is 35.5. The smallest absolute Gasteiger partial charge is 0.223 e. The van der Waals surface area contributed by atoms with E-state index in [9.17, 15) is 0 Å². The van der Waals surface area contributed by atoms with Crippen LogP contribution in [-0.2, 0) is 6.42 Å². The van der Waals surface area contributed by atoms with Crippen LogP contribution < -0.4 is 5.32 Å². The van der Waals surface area contributed by atoms with E-state index in [1.54, 1.807) is 13.2 Å². The molecule has 110 valence electrons. The number of aryl methyl sites for hydroxylation is 1. The van der Waals surface area contributed by atoms with Crippen molar-refractivity contribution in [1.82, 2.24) is 15.5 Å². The summed E-state index contributed by atoms with van der Waals surface area (Å²) < 4.78 is 11.2. The highest BCUT2D eigenvalue weighted by molar-refractivity contribution is 7.16. The fourth-order valence-corrected chi connectivity index (χ4v) is 3.20. The molecule has 3 heterocycles. The summed E-state index contributed by atoms with van der Waals surface area (Å²) in [5.41, 5.74) is 0. The van der Waals surface area contributed by atoms with Crippen LogP contribution in [0.25, 0.3) is 0 Å². The molecule has 0 bridgehead atoms. The van der Waals surface area contributed by atoms with Crippen LogP contribution in [0.3, 0.4) is 0 Å². The Balaban J connectivity index is 1.68. The Kier molecular flexibility index (Phi) is 4.38. The van der Waals surface area contributed by atoms with E-state index in [-0.39, 0.29) is 6.04 Å². The molecule has 0 aromatic carbocycles. The normalized spacial score (nSPS) is 12.7. The van der Waals surface area contributed by atoms with Crippen molar-refractivity contribution in [3.8, 4) is 0 Å². The molecule has 0 saturated heterocycles. The maximum absolute atomic E-state index is 6.03. The molecule has 0 aliphatic rings. The molecule has 7 heteroatoms. The molecular formula is C14H14ClN3O2S. The summed E-state index contributed by atoms with van der Waals surface area (Å²) >= 11 is 7.56. The first-order valence-corrected chi connectivity index (χ1v) is 7.73. The largest absolute Gasteiger partial charge is 0.467 e. The molecule has 1 unspecified atom stereocenters. The van der Waals surface area contributed by atoms with Crippen LogP contribution in [0.4, 0.5) is 0 Å². The monoisotopic (exact) mass is 323 g/mol. The number of aromatic nitrogens is 2. The predicted octanol–water partition coefficient (Wildman–Crippen LogP) is 3.61. The maximum Gasteiger partial charge on any atom is 0.223 e. The van der Waals surface area contributed by atoms with Crippen molar-refractivity contribution >= 4 is 22.9 Å². The van der Waals surface area contributed by atoms with Gasteiger partial charge in [0.05, 0.1) is 10.6 Å². The lowest BCUT2D eigenvalue weighted by Gasteiger charge is -2.14. The van der Waals surface area contributed by atoms with Gasteiger partial charge >= 0.3 is 0 Å². The highest BCUT2D eigenvalue weighted by Gasteiger charge is 2.18. The van der Waals surface area contributed by atoms with Gasteiger partial charge in [-0.2, -0.15) is 4.98 Å². The molecule has 0 spiro atoms. The van der Waals surface area contributed by atoms with Crippen molar-refractivity contribution in [2.24, 2.45) is 0 Å². The number of halogens is 1. The quantitative estimate of drug-likeness (QED) is 0.750. The fraction of sp³-hybridized carbons (Fsp3) is 0.286. The van der Waals surface area contributed by atoms with Crippen LogP contribution in [0.2, 0.25) is 4.34 Å². The summed E-state index contributed by atoms with van der Waals surface area (Å²) in [7, 11) is 0. The fourth-order valence-electron chi connectivity index (χ4n) is 2.05. The Hall–Kier alpha value is -1.63. The van der Waals surface area contributed by atoms with E-state index in [4.69, 9.17) is 20.5 Å². The number of hydrogen-bond acceptors (Lipinski definition) is 6. The molecule has 1 N–H and O–H groups in total. The van der Waals surface area contributed by atoms with Gasteiger partial charge in [-0.3, -0.25) is 0 Å². The van der Waals surface area contributed by atoms with Gasteiger partial charge in [0, 0.05) is 24.8 Å². The molecule has 0 saturated carbocycles. The first-order chi connectivity index (χ1) is 10.2. The first kappa shape index (κ1) is 14.3. The number of furan rings is 1. The third-order valence-corrected chi connectivity index (χ3v) is 4.27. The van der Waals surface area contributed by atoms with Crippen molar-refractivity contribution in [1.29, 1.82) is 0 Å². The molecule has 0 aliphatic heterocycles. The summed E-state index contributed by atoms with van der Waals surface area (Å²) in [5, 5.41) is 7.33. The number of nitrogens with zero attached hydrogens (tertiary/aromatic N) is 2. The minimum atomic E-state index is -0.0227. The zero-order valence-corrected chi connectivity index (χ0v) is 12.9. The minimum Gasteiger partial charge on any atom is -0.467 e. The van der Waals surface area contributed by atoms with E-state index in [2.05, 4.69) is 15.5 Å². The van der Waals surface area contributed by atoms with Gasteiger partial charge in [-0.05, 0) is 24.3 Å². The van der Waals surface area contributed by atoms with Crippen LogP contribution in [-0.4, -0.2) is 16.7 Å². The Morgan fingerprint density at radius 2 is 2.29 bits per heavy atom. The van der Waals surface area contributed by atoms with Crippen LogP contribution in [0, 0.1) is 6.92 Å². The number of nitrogens with one attached hydrogen (secondary N) is 1. The predicted molar refractivity (Wildman–Crippen MR) is 80.6 cm³/mol. The van der Waals surface area contributed by atoms with E-state index in [1.165, 1.54) is 11.3 Å². The van der Waals surface area contributed by atoms with Crippen LogP contribution in [0.5, 0.6) is 0 Å². The van der Waals surface area contributed by atoms with Gasteiger partial charge in [-0.25, -0.2) is 0 Å². The second-order valence-corrected chi connectivity index (χ2v) is 6.27. The Morgan fingerprint density at radius 1 is 1.38 bits per heavy atom. The summed E-state index contributed by atoms with van der Waals surface area (Å²) in [6.45, 7) is 2.49. The van der Waals surface area contributed by atoms with Crippen LogP contribution >= 0.6 is 22.9 Å². The Bertz CT molecular complexity index is 693. The standard InChI is InChI=1S/C14H14ClN3O2S/c1-9-17-13(18-20-9)6-7-16-14(10-3-2-8-19-10)11-4-5-12(15)21-11/h2-5,8,14,16H,6-7H2,1H3. The molecule has 1 atom stereocenters. The molecule has 21 heavy (non-hydrogen) atoms. The summed E-state index contributed by atoms with van der Waals surface area (Å²) in [5.74, 6) is 2.14. The minimum absolute atomic E-state index is 0.0227.